The summed E-state index contributed by atoms with van der Waals surface area (Å²) in [4.78, 5) is 18.7. The van der Waals surface area contributed by atoms with E-state index in [9.17, 15) is 41.4 Å². The summed E-state index contributed by atoms with van der Waals surface area (Å²) in [6.45, 7) is -0.286. The summed E-state index contributed by atoms with van der Waals surface area (Å²) in [5.74, 6) is -1.85. The molecule has 0 aromatic carbocycles. The van der Waals surface area contributed by atoms with E-state index >= 15 is 0 Å². The SMILES string of the molecule is COC1=CC(F)=C(S(=O)(=O)C(C#N)c2nc(C)nc(N3CCO[C@H](C(F)(F)F)C3)c2[N+](=O)[O-])CC1. The molecule has 1 fully saturated rings. The maximum Gasteiger partial charge on any atom is 0.416 e. The number of ether oxygens (including phenoxy) is 2. The first-order valence-corrected chi connectivity index (χ1v) is 11.6. The van der Waals surface area contributed by atoms with Crippen molar-refractivity contribution < 1.29 is 40.4 Å². The monoisotopic (exact) mass is 521 g/mol. The van der Waals surface area contributed by atoms with Crippen LogP contribution in [0.4, 0.5) is 29.1 Å². The molecule has 0 spiro atoms. The maximum atomic E-state index is 14.6. The topological polar surface area (TPSA) is 149 Å². The molecule has 1 unspecified atom stereocenters. The summed E-state index contributed by atoms with van der Waals surface area (Å²) < 4.78 is 90.2. The number of sulfone groups is 1. The zero-order valence-corrected chi connectivity index (χ0v) is 19.2. The number of anilines is 1. The van der Waals surface area contributed by atoms with Crippen molar-refractivity contribution in [2.45, 2.75) is 37.3 Å². The fourth-order valence-corrected chi connectivity index (χ4v) is 5.30. The Morgan fingerprint density at radius 3 is 2.60 bits per heavy atom. The first-order chi connectivity index (χ1) is 16.3. The number of morpholine rings is 1. The zero-order chi connectivity index (χ0) is 26.1. The Balaban J connectivity index is 2.16. The lowest BCUT2D eigenvalue weighted by Gasteiger charge is -2.34. The Kier molecular flexibility index (Phi) is 7.31. The van der Waals surface area contributed by atoms with E-state index in [1.165, 1.54) is 20.1 Å². The van der Waals surface area contributed by atoms with E-state index in [1.807, 2.05) is 0 Å². The first kappa shape index (κ1) is 26.3. The Bertz CT molecular complexity index is 1240. The van der Waals surface area contributed by atoms with Crippen LogP contribution in [0.25, 0.3) is 0 Å². The number of hydrogen-bond donors (Lipinski definition) is 0. The minimum atomic E-state index is -4.84. The third-order valence-corrected chi connectivity index (χ3v) is 7.39. The Hall–Kier alpha value is -3.32. The number of allylic oxidation sites excluding steroid dienone is 4. The van der Waals surface area contributed by atoms with Crippen LogP contribution in [0.15, 0.2) is 22.6 Å². The molecule has 0 N–H and O–H groups in total. The van der Waals surface area contributed by atoms with Gasteiger partial charge in [0.25, 0.3) is 0 Å². The largest absolute Gasteiger partial charge is 0.501 e. The molecule has 0 amide bonds. The van der Waals surface area contributed by atoms with Crippen LogP contribution >= 0.6 is 0 Å². The second-order valence-corrected chi connectivity index (χ2v) is 9.63. The minimum Gasteiger partial charge on any atom is -0.501 e. The molecule has 0 radical (unpaired) electrons. The quantitative estimate of drug-likeness (QED) is 0.311. The van der Waals surface area contributed by atoms with Gasteiger partial charge in [-0.2, -0.15) is 18.4 Å². The van der Waals surface area contributed by atoms with Gasteiger partial charge >= 0.3 is 11.9 Å². The third kappa shape index (κ3) is 5.20. The number of nitrogens with zero attached hydrogens (tertiary/aromatic N) is 5. The van der Waals surface area contributed by atoms with E-state index in [2.05, 4.69) is 9.97 Å². The van der Waals surface area contributed by atoms with Gasteiger partial charge in [0.15, 0.2) is 21.6 Å². The number of hydrogen-bond acceptors (Lipinski definition) is 10. The average molecular weight is 521 g/mol. The van der Waals surface area contributed by atoms with Gasteiger partial charge in [0, 0.05) is 19.0 Å². The fourth-order valence-electron chi connectivity index (χ4n) is 3.70. The highest BCUT2D eigenvalue weighted by Crippen LogP contribution is 2.41. The van der Waals surface area contributed by atoms with E-state index in [0.29, 0.717) is 0 Å². The van der Waals surface area contributed by atoms with Crippen molar-refractivity contribution in [1.82, 2.24) is 9.97 Å². The smallest absolute Gasteiger partial charge is 0.416 e. The summed E-state index contributed by atoms with van der Waals surface area (Å²) in [5.41, 5.74) is -1.92. The fraction of sp³-hybridized carbons (Fsp3) is 0.526. The summed E-state index contributed by atoms with van der Waals surface area (Å²) in [5, 5.41) is 19.4. The molecule has 3 rings (SSSR count). The molecule has 1 saturated heterocycles. The lowest BCUT2D eigenvalue weighted by atomic mass is 10.1. The predicted octanol–water partition coefficient (Wildman–Crippen LogP) is 2.95. The van der Waals surface area contributed by atoms with Crippen molar-refractivity contribution in [3.63, 3.8) is 0 Å². The van der Waals surface area contributed by atoms with Gasteiger partial charge in [-0.15, -0.1) is 0 Å². The second kappa shape index (κ2) is 9.74. The van der Waals surface area contributed by atoms with Crippen LogP contribution in [-0.2, 0) is 19.3 Å². The average Bonchev–Trinajstić information content (AvgIpc) is 2.78. The summed E-state index contributed by atoms with van der Waals surface area (Å²) in [6.07, 6.45) is -6.57. The van der Waals surface area contributed by atoms with Crippen molar-refractivity contribution in [2.24, 2.45) is 0 Å². The van der Waals surface area contributed by atoms with Crippen LogP contribution < -0.4 is 4.90 Å². The number of nitriles is 1. The number of alkyl halides is 3. The van der Waals surface area contributed by atoms with Gasteiger partial charge in [-0.3, -0.25) is 10.1 Å². The molecule has 11 nitrogen and oxygen atoms in total. The lowest BCUT2D eigenvalue weighted by Crippen LogP contribution is -2.49. The Morgan fingerprint density at radius 2 is 2.06 bits per heavy atom. The first-order valence-electron chi connectivity index (χ1n) is 10.0. The van der Waals surface area contributed by atoms with Gasteiger partial charge in [-0.25, -0.2) is 22.8 Å². The predicted molar refractivity (Wildman–Crippen MR) is 111 cm³/mol. The molecule has 16 heteroatoms. The van der Waals surface area contributed by atoms with Gasteiger partial charge in [0.05, 0.1) is 41.9 Å². The van der Waals surface area contributed by atoms with E-state index in [1.54, 1.807) is 0 Å². The van der Waals surface area contributed by atoms with Crippen LogP contribution in [0.3, 0.4) is 0 Å². The molecule has 0 saturated carbocycles. The highest BCUT2D eigenvalue weighted by molar-refractivity contribution is 7.95. The molecule has 1 aromatic heterocycles. The number of aromatic nitrogens is 2. The third-order valence-electron chi connectivity index (χ3n) is 5.35. The number of halogens is 4. The van der Waals surface area contributed by atoms with E-state index in [4.69, 9.17) is 9.47 Å². The molecule has 0 bridgehead atoms. The minimum absolute atomic E-state index is 0.000610. The second-order valence-electron chi connectivity index (χ2n) is 7.57. The van der Waals surface area contributed by atoms with Crippen LogP contribution in [-0.4, -0.2) is 62.4 Å². The molecule has 190 valence electrons. The molecule has 1 aliphatic heterocycles. The van der Waals surface area contributed by atoms with E-state index in [0.717, 1.165) is 11.0 Å². The number of rotatable bonds is 6. The maximum absolute atomic E-state index is 14.6. The highest BCUT2D eigenvalue weighted by atomic mass is 32.2. The number of aryl methyl sites for hydroxylation is 1. The summed E-state index contributed by atoms with van der Waals surface area (Å²) in [7, 11) is -3.57. The van der Waals surface area contributed by atoms with Gasteiger partial charge in [-0.1, -0.05) is 0 Å². The number of methoxy groups -OCH3 is 1. The highest BCUT2D eigenvalue weighted by Gasteiger charge is 2.46. The Morgan fingerprint density at radius 1 is 1.37 bits per heavy atom. The van der Waals surface area contributed by atoms with Crippen LogP contribution in [0.1, 0.15) is 29.6 Å². The van der Waals surface area contributed by atoms with Crippen LogP contribution in [0.2, 0.25) is 0 Å². The van der Waals surface area contributed by atoms with Gasteiger partial charge in [0.1, 0.15) is 11.7 Å². The van der Waals surface area contributed by atoms with Crippen molar-refractivity contribution in [2.75, 3.05) is 31.7 Å². The van der Waals surface area contributed by atoms with E-state index < -0.39 is 73.4 Å². The molecule has 2 heterocycles. The van der Waals surface area contributed by atoms with Crippen molar-refractivity contribution in [1.29, 1.82) is 5.26 Å². The zero-order valence-electron chi connectivity index (χ0n) is 18.4. The van der Waals surface area contributed by atoms with Crippen molar-refractivity contribution >= 4 is 21.3 Å². The lowest BCUT2D eigenvalue weighted by molar-refractivity contribution is -0.385. The summed E-state index contributed by atoms with van der Waals surface area (Å²) in [6, 6.07) is 1.43. The molecular weight excluding hydrogens is 502 g/mol. The Labute approximate surface area is 196 Å². The normalized spacial score (nSPS) is 20.2. The molecule has 35 heavy (non-hydrogen) atoms. The van der Waals surface area contributed by atoms with Crippen LogP contribution in [0.5, 0.6) is 0 Å². The van der Waals surface area contributed by atoms with Crippen molar-refractivity contribution in [3.05, 3.63) is 44.2 Å². The molecular formula is C19H19F4N5O6S. The van der Waals surface area contributed by atoms with Crippen molar-refractivity contribution in [3.8, 4) is 6.07 Å². The molecule has 2 atom stereocenters. The van der Waals surface area contributed by atoms with Gasteiger partial charge < -0.3 is 14.4 Å². The summed E-state index contributed by atoms with van der Waals surface area (Å²) >= 11 is 0. The number of nitro groups is 1. The standard InChI is InChI=1S/C19H19F4N5O6S/c1-10-25-16(14(8-24)35(31,32)13-4-3-11(33-2)7-12(13)20)17(28(29)30)18(26-10)27-5-6-34-15(9-27)19(21,22)23/h7,14-15H,3-6,9H2,1-2H3/t14?,15-/m0/s1. The van der Waals surface area contributed by atoms with Gasteiger partial charge in [-0.05, 0) is 13.3 Å². The van der Waals surface area contributed by atoms with Gasteiger partial charge in [0.2, 0.25) is 11.1 Å². The molecule has 1 aliphatic carbocycles. The van der Waals surface area contributed by atoms with Crippen LogP contribution in [0, 0.1) is 28.4 Å². The molecule has 1 aromatic rings. The van der Waals surface area contributed by atoms with E-state index in [-0.39, 0.29) is 31.0 Å². The molecule has 2 aliphatic rings.